The monoisotopic (exact) mass is 504 g/mol. The third-order valence-corrected chi connectivity index (χ3v) is 5.76. The fourth-order valence-corrected chi connectivity index (χ4v) is 3.82. The highest BCUT2D eigenvalue weighted by Gasteiger charge is 2.33. The lowest BCUT2D eigenvalue weighted by molar-refractivity contribution is -0.191. The molecular formula is C22H18F6N2O3S. The Labute approximate surface area is 194 Å². The minimum absolute atomic E-state index is 0.000295. The van der Waals surface area contributed by atoms with Crippen LogP contribution in [0.2, 0.25) is 0 Å². The Morgan fingerprint density at radius 1 is 0.882 bits per heavy atom. The van der Waals surface area contributed by atoms with Crippen molar-refractivity contribution in [2.24, 2.45) is 4.99 Å². The van der Waals surface area contributed by atoms with Gasteiger partial charge in [0.25, 0.3) is 11.8 Å². The highest BCUT2D eigenvalue weighted by molar-refractivity contribution is 7.98. The van der Waals surface area contributed by atoms with Gasteiger partial charge in [-0.2, -0.15) is 43.2 Å². The summed E-state index contributed by atoms with van der Waals surface area (Å²) in [6, 6.07) is 8.70. The lowest BCUT2D eigenvalue weighted by atomic mass is 10.1. The van der Waals surface area contributed by atoms with Gasteiger partial charge in [0, 0.05) is 30.6 Å². The van der Waals surface area contributed by atoms with E-state index in [1.807, 2.05) is 0 Å². The summed E-state index contributed by atoms with van der Waals surface area (Å²) in [6.45, 7) is 0. The topological polar surface area (TPSA) is 59.0 Å². The second-order valence-electron chi connectivity index (χ2n) is 7.26. The van der Waals surface area contributed by atoms with Crippen LogP contribution in [0.15, 0.2) is 53.5 Å². The normalized spacial score (nSPS) is 16.0. The lowest BCUT2D eigenvalue weighted by Crippen LogP contribution is -2.35. The van der Waals surface area contributed by atoms with Crippen LogP contribution in [0.5, 0.6) is 0 Å². The first-order valence-corrected chi connectivity index (χ1v) is 11.1. The first-order valence-electron chi connectivity index (χ1n) is 9.91. The fraction of sp³-hybridized carbons (Fsp3) is 0.318. The van der Waals surface area contributed by atoms with E-state index in [4.69, 9.17) is 4.84 Å². The number of halogens is 6. The Balaban J connectivity index is 1.66. The Morgan fingerprint density at radius 2 is 1.38 bits per heavy atom. The van der Waals surface area contributed by atoms with Crippen molar-refractivity contribution in [3.63, 3.8) is 0 Å². The van der Waals surface area contributed by atoms with E-state index >= 15 is 0 Å². The van der Waals surface area contributed by atoms with Gasteiger partial charge in [-0.3, -0.25) is 19.4 Å². The van der Waals surface area contributed by atoms with Gasteiger partial charge in [0.05, 0.1) is 16.8 Å². The minimum Gasteiger partial charge on any atom is -0.272 e. The van der Waals surface area contributed by atoms with Crippen molar-refractivity contribution < 1.29 is 40.8 Å². The van der Waals surface area contributed by atoms with Crippen molar-refractivity contribution in [3.8, 4) is 0 Å². The number of amides is 2. The molecule has 5 nitrogen and oxygen atoms in total. The SMILES string of the molecule is O=C1CCC(=O)N1OC(/C=N/c1ccc(C(F)(F)F)cc1)CSCc1ccc(C(F)(F)F)cc1. The number of alkyl halides is 6. The van der Waals surface area contributed by atoms with Gasteiger partial charge in [0.15, 0.2) is 0 Å². The molecular weight excluding hydrogens is 486 g/mol. The van der Waals surface area contributed by atoms with Crippen molar-refractivity contribution in [3.05, 3.63) is 65.2 Å². The maximum Gasteiger partial charge on any atom is 0.416 e. The predicted molar refractivity (Wildman–Crippen MR) is 113 cm³/mol. The molecule has 12 heteroatoms. The molecule has 0 aliphatic carbocycles. The zero-order valence-corrected chi connectivity index (χ0v) is 18.2. The van der Waals surface area contributed by atoms with Crippen LogP contribution in [-0.4, -0.2) is 34.9 Å². The number of benzene rings is 2. The Morgan fingerprint density at radius 3 is 1.88 bits per heavy atom. The summed E-state index contributed by atoms with van der Waals surface area (Å²) in [6.07, 6.45) is -8.55. The van der Waals surface area contributed by atoms with Crippen LogP contribution < -0.4 is 0 Å². The summed E-state index contributed by atoms with van der Waals surface area (Å²) in [4.78, 5) is 33.3. The summed E-state index contributed by atoms with van der Waals surface area (Å²) < 4.78 is 76.2. The standard InChI is InChI=1S/C22H18F6N2O3S/c23-21(24,25)15-3-1-14(2-4-15)12-34-13-18(33-30-19(31)9-10-20(30)32)11-29-17-7-5-16(6-8-17)22(26,27)28/h1-8,11,18H,9-10,12-13H2/b29-11+. The third kappa shape index (κ3) is 7.07. The van der Waals surface area contributed by atoms with E-state index in [1.165, 1.54) is 30.1 Å². The number of aliphatic imine (C=N–C) groups is 1. The average molecular weight is 504 g/mol. The molecule has 2 aromatic rings. The number of rotatable bonds is 8. The molecule has 1 unspecified atom stereocenters. The molecule has 2 amide bonds. The van der Waals surface area contributed by atoms with Crippen LogP contribution in [-0.2, 0) is 32.5 Å². The molecule has 0 spiro atoms. The maximum absolute atomic E-state index is 12.7. The average Bonchev–Trinajstić information content (AvgIpc) is 3.08. The summed E-state index contributed by atoms with van der Waals surface area (Å²) in [5, 5.41) is 0.641. The van der Waals surface area contributed by atoms with Crippen LogP contribution in [0, 0.1) is 0 Å². The highest BCUT2D eigenvalue weighted by atomic mass is 32.2. The highest BCUT2D eigenvalue weighted by Crippen LogP contribution is 2.31. The first-order chi connectivity index (χ1) is 15.9. The second kappa shape index (κ2) is 10.6. The largest absolute Gasteiger partial charge is 0.416 e. The molecule has 3 rings (SSSR count). The van der Waals surface area contributed by atoms with Crippen molar-refractivity contribution in [2.45, 2.75) is 37.1 Å². The van der Waals surface area contributed by atoms with Gasteiger partial charge in [-0.05, 0) is 42.0 Å². The van der Waals surface area contributed by atoms with E-state index in [0.29, 0.717) is 16.4 Å². The zero-order chi connectivity index (χ0) is 24.9. The number of carbonyl (C=O) groups excluding carboxylic acids is 2. The molecule has 1 saturated heterocycles. The fourth-order valence-electron chi connectivity index (χ4n) is 2.90. The molecule has 1 heterocycles. The number of carbonyl (C=O) groups is 2. The first kappa shape index (κ1) is 25.8. The molecule has 1 fully saturated rings. The molecule has 0 aromatic heterocycles. The van der Waals surface area contributed by atoms with Gasteiger partial charge >= 0.3 is 12.4 Å². The minimum atomic E-state index is -4.49. The Hall–Kier alpha value is -2.86. The second-order valence-corrected chi connectivity index (χ2v) is 8.29. The van der Waals surface area contributed by atoms with Crippen LogP contribution >= 0.6 is 11.8 Å². The van der Waals surface area contributed by atoms with E-state index in [9.17, 15) is 35.9 Å². The summed E-state index contributed by atoms with van der Waals surface area (Å²) in [7, 11) is 0. The number of imide groups is 1. The molecule has 182 valence electrons. The van der Waals surface area contributed by atoms with Crippen LogP contribution in [0.1, 0.15) is 29.5 Å². The quantitative estimate of drug-likeness (QED) is 0.259. The zero-order valence-electron chi connectivity index (χ0n) is 17.4. The molecule has 0 bridgehead atoms. The molecule has 0 radical (unpaired) electrons. The van der Waals surface area contributed by atoms with Crippen molar-refractivity contribution >= 4 is 35.5 Å². The number of thioether (sulfide) groups is 1. The molecule has 2 aromatic carbocycles. The summed E-state index contributed by atoms with van der Waals surface area (Å²) in [5.74, 6) is -0.563. The third-order valence-electron chi connectivity index (χ3n) is 4.66. The Bertz CT molecular complexity index is 1020. The number of hydrogen-bond acceptors (Lipinski definition) is 5. The van der Waals surface area contributed by atoms with Gasteiger partial charge in [-0.25, -0.2) is 0 Å². The van der Waals surface area contributed by atoms with E-state index in [2.05, 4.69) is 4.99 Å². The van der Waals surface area contributed by atoms with Gasteiger partial charge in [-0.1, -0.05) is 12.1 Å². The molecule has 1 atom stereocenters. The van der Waals surface area contributed by atoms with Crippen molar-refractivity contribution in [1.29, 1.82) is 0 Å². The predicted octanol–water partition coefficient (Wildman–Crippen LogP) is 5.81. The smallest absolute Gasteiger partial charge is 0.272 e. The lowest BCUT2D eigenvalue weighted by Gasteiger charge is -2.19. The number of nitrogens with zero attached hydrogens (tertiary/aromatic N) is 2. The molecule has 1 aliphatic rings. The van der Waals surface area contributed by atoms with Gasteiger partial charge in [0.1, 0.15) is 6.10 Å². The van der Waals surface area contributed by atoms with Gasteiger partial charge in [0.2, 0.25) is 0 Å². The maximum atomic E-state index is 12.7. The number of hydroxylamine groups is 2. The van der Waals surface area contributed by atoms with E-state index in [-0.39, 0.29) is 24.3 Å². The molecule has 34 heavy (non-hydrogen) atoms. The molecule has 0 N–H and O–H groups in total. The van der Waals surface area contributed by atoms with Gasteiger partial charge < -0.3 is 0 Å². The van der Waals surface area contributed by atoms with E-state index < -0.39 is 41.4 Å². The van der Waals surface area contributed by atoms with Crippen molar-refractivity contribution in [1.82, 2.24) is 5.06 Å². The van der Waals surface area contributed by atoms with Gasteiger partial charge in [-0.15, -0.1) is 0 Å². The summed E-state index contributed by atoms with van der Waals surface area (Å²) >= 11 is 1.26. The molecule has 1 aliphatic heterocycles. The van der Waals surface area contributed by atoms with Crippen LogP contribution in [0.4, 0.5) is 32.0 Å². The number of hydrogen-bond donors (Lipinski definition) is 0. The van der Waals surface area contributed by atoms with E-state index in [1.54, 1.807) is 0 Å². The summed E-state index contributed by atoms with van der Waals surface area (Å²) in [5.41, 5.74) is -0.782. The van der Waals surface area contributed by atoms with Crippen LogP contribution in [0.25, 0.3) is 0 Å². The van der Waals surface area contributed by atoms with Crippen LogP contribution in [0.3, 0.4) is 0 Å². The Kier molecular flexibility index (Phi) is 8.03. The molecule has 0 saturated carbocycles. The van der Waals surface area contributed by atoms with Crippen molar-refractivity contribution in [2.75, 3.05) is 5.75 Å². The van der Waals surface area contributed by atoms with E-state index in [0.717, 1.165) is 36.4 Å².